The third-order valence-corrected chi connectivity index (χ3v) is 5.39. The van der Waals surface area contributed by atoms with Crippen molar-refractivity contribution < 1.29 is 0 Å². The van der Waals surface area contributed by atoms with Crippen molar-refractivity contribution in [2.24, 2.45) is 4.99 Å². The molecule has 1 aliphatic rings. The van der Waals surface area contributed by atoms with Gasteiger partial charge in [-0.25, -0.2) is 0 Å². The molecule has 1 unspecified atom stereocenters. The van der Waals surface area contributed by atoms with Crippen LogP contribution in [0.4, 0.5) is 0 Å². The van der Waals surface area contributed by atoms with E-state index in [9.17, 15) is 0 Å². The number of guanidine groups is 1. The van der Waals surface area contributed by atoms with Crippen molar-refractivity contribution in [1.82, 2.24) is 25.4 Å². The Morgan fingerprint density at radius 2 is 2.07 bits per heavy atom. The Bertz CT molecular complexity index is 756. The fourth-order valence-electron chi connectivity index (χ4n) is 3.72. The lowest BCUT2D eigenvalue weighted by Crippen LogP contribution is -2.55. The molecule has 2 aromatic rings. The first kappa shape index (κ1) is 22.0. The van der Waals surface area contributed by atoms with Gasteiger partial charge in [-0.1, -0.05) is 12.1 Å². The number of piperazine rings is 1. The molecular formula is C20H33IN6. The van der Waals surface area contributed by atoms with Crippen LogP contribution in [0.25, 0.3) is 10.9 Å². The number of aromatic nitrogens is 1. The van der Waals surface area contributed by atoms with E-state index in [4.69, 9.17) is 0 Å². The zero-order valence-electron chi connectivity index (χ0n) is 16.9. The maximum absolute atomic E-state index is 4.37. The molecule has 150 valence electrons. The molecule has 27 heavy (non-hydrogen) atoms. The standard InChI is InChI=1S/C20H32N6.HI/c1-15-6-5-7-18-19(15)16(12-23-18)8-9-22-20(21-2)24-13-17-14-25(3)10-11-26(17)4;/h5-7,12,17,23H,8-11,13-14H2,1-4H3,(H2,21,22,24);1H. The molecule has 0 amide bonds. The van der Waals surface area contributed by atoms with Gasteiger partial charge in [-0.3, -0.25) is 9.89 Å². The molecule has 1 saturated heterocycles. The topological polar surface area (TPSA) is 58.7 Å². The number of fused-ring (bicyclic) bond motifs is 1. The van der Waals surface area contributed by atoms with Gasteiger partial charge in [0.25, 0.3) is 0 Å². The number of benzene rings is 1. The van der Waals surface area contributed by atoms with Crippen LogP contribution in [0, 0.1) is 6.92 Å². The van der Waals surface area contributed by atoms with Gasteiger partial charge >= 0.3 is 0 Å². The van der Waals surface area contributed by atoms with Gasteiger partial charge in [-0.15, -0.1) is 24.0 Å². The molecule has 3 rings (SSSR count). The Kier molecular flexibility index (Phi) is 8.37. The summed E-state index contributed by atoms with van der Waals surface area (Å²) in [5.74, 6) is 0.878. The van der Waals surface area contributed by atoms with Crippen LogP contribution >= 0.6 is 24.0 Å². The number of likely N-dealkylation sites (N-methyl/N-ethyl adjacent to an activating group) is 2. The van der Waals surface area contributed by atoms with Crippen molar-refractivity contribution in [2.45, 2.75) is 19.4 Å². The molecule has 7 heteroatoms. The summed E-state index contributed by atoms with van der Waals surface area (Å²) < 4.78 is 0. The van der Waals surface area contributed by atoms with E-state index in [0.29, 0.717) is 6.04 Å². The summed E-state index contributed by atoms with van der Waals surface area (Å²) in [5.41, 5.74) is 3.90. The molecule has 1 aliphatic heterocycles. The van der Waals surface area contributed by atoms with Crippen molar-refractivity contribution in [3.8, 4) is 0 Å². The molecule has 1 fully saturated rings. The highest BCUT2D eigenvalue weighted by Crippen LogP contribution is 2.22. The summed E-state index contributed by atoms with van der Waals surface area (Å²) in [6.45, 7) is 7.30. The van der Waals surface area contributed by atoms with E-state index >= 15 is 0 Å². The van der Waals surface area contributed by atoms with Crippen LogP contribution in [-0.2, 0) is 6.42 Å². The molecular weight excluding hydrogens is 451 g/mol. The van der Waals surface area contributed by atoms with Gasteiger partial charge in [0.1, 0.15) is 0 Å². The molecule has 6 nitrogen and oxygen atoms in total. The zero-order chi connectivity index (χ0) is 18.5. The number of aromatic amines is 1. The minimum atomic E-state index is 0. The van der Waals surface area contributed by atoms with Gasteiger partial charge in [0.05, 0.1) is 0 Å². The number of nitrogens with zero attached hydrogens (tertiary/aromatic N) is 3. The number of H-pyrrole nitrogens is 1. The zero-order valence-corrected chi connectivity index (χ0v) is 19.2. The first-order valence-electron chi connectivity index (χ1n) is 9.47. The second kappa shape index (κ2) is 10.3. The van der Waals surface area contributed by atoms with Crippen LogP contribution in [-0.4, -0.2) is 80.7 Å². The van der Waals surface area contributed by atoms with Crippen molar-refractivity contribution in [1.29, 1.82) is 0 Å². The Morgan fingerprint density at radius 1 is 1.26 bits per heavy atom. The lowest BCUT2D eigenvalue weighted by Gasteiger charge is -2.37. The fraction of sp³-hybridized carbons (Fsp3) is 0.550. The number of nitrogens with one attached hydrogen (secondary N) is 3. The van der Waals surface area contributed by atoms with E-state index in [1.165, 1.54) is 22.0 Å². The summed E-state index contributed by atoms with van der Waals surface area (Å²) in [7, 11) is 6.23. The van der Waals surface area contributed by atoms with Gasteiger partial charge in [0.2, 0.25) is 0 Å². The molecule has 0 aliphatic carbocycles. The lowest BCUT2D eigenvalue weighted by atomic mass is 10.1. The molecule has 0 saturated carbocycles. The number of aryl methyl sites for hydroxylation is 1. The molecule has 1 aromatic heterocycles. The molecule has 3 N–H and O–H groups in total. The number of aliphatic imine (C=N–C) groups is 1. The lowest BCUT2D eigenvalue weighted by molar-refractivity contribution is 0.116. The first-order valence-corrected chi connectivity index (χ1v) is 9.47. The number of hydrogen-bond donors (Lipinski definition) is 3. The first-order chi connectivity index (χ1) is 12.6. The minimum Gasteiger partial charge on any atom is -0.361 e. The van der Waals surface area contributed by atoms with E-state index in [1.807, 2.05) is 7.05 Å². The Morgan fingerprint density at radius 3 is 2.85 bits per heavy atom. The highest BCUT2D eigenvalue weighted by molar-refractivity contribution is 14.0. The van der Waals surface area contributed by atoms with Gasteiger partial charge in [-0.05, 0) is 44.6 Å². The molecule has 0 spiro atoms. The summed E-state index contributed by atoms with van der Waals surface area (Å²) in [6.07, 6.45) is 3.10. The van der Waals surface area contributed by atoms with Crippen molar-refractivity contribution in [3.05, 3.63) is 35.5 Å². The van der Waals surface area contributed by atoms with E-state index < -0.39 is 0 Å². The fourth-order valence-corrected chi connectivity index (χ4v) is 3.72. The Hall–Kier alpha value is -1.32. The monoisotopic (exact) mass is 484 g/mol. The van der Waals surface area contributed by atoms with Gasteiger partial charge in [0.15, 0.2) is 5.96 Å². The highest BCUT2D eigenvalue weighted by Gasteiger charge is 2.22. The largest absolute Gasteiger partial charge is 0.361 e. The third kappa shape index (κ3) is 5.58. The van der Waals surface area contributed by atoms with Crippen LogP contribution < -0.4 is 10.6 Å². The highest BCUT2D eigenvalue weighted by atomic mass is 127. The van der Waals surface area contributed by atoms with Gasteiger partial charge < -0.3 is 20.5 Å². The normalized spacial score (nSPS) is 19.1. The average Bonchev–Trinajstić information content (AvgIpc) is 3.05. The molecule has 0 bridgehead atoms. The van der Waals surface area contributed by atoms with E-state index in [2.05, 4.69) is 75.8 Å². The molecule has 2 heterocycles. The van der Waals surface area contributed by atoms with E-state index in [1.54, 1.807) is 0 Å². The molecule has 0 radical (unpaired) electrons. The summed E-state index contributed by atoms with van der Waals surface area (Å²) in [5, 5.41) is 8.28. The summed E-state index contributed by atoms with van der Waals surface area (Å²) in [4.78, 5) is 12.6. The predicted molar refractivity (Wildman–Crippen MR) is 125 cm³/mol. The average molecular weight is 484 g/mol. The Labute approximate surface area is 179 Å². The van der Waals surface area contributed by atoms with Crippen molar-refractivity contribution in [3.63, 3.8) is 0 Å². The van der Waals surface area contributed by atoms with Crippen LogP contribution in [0.3, 0.4) is 0 Å². The third-order valence-electron chi connectivity index (χ3n) is 5.39. The summed E-state index contributed by atoms with van der Waals surface area (Å²) >= 11 is 0. The molecule has 1 aromatic carbocycles. The van der Waals surface area contributed by atoms with Crippen LogP contribution in [0.5, 0.6) is 0 Å². The second-order valence-corrected chi connectivity index (χ2v) is 7.34. The number of rotatable bonds is 5. The maximum atomic E-state index is 4.37. The van der Waals surface area contributed by atoms with Crippen molar-refractivity contribution >= 4 is 40.8 Å². The van der Waals surface area contributed by atoms with Crippen molar-refractivity contribution in [2.75, 3.05) is 53.9 Å². The summed E-state index contributed by atoms with van der Waals surface area (Å²) in [6, 6.07) is 6.92. The van der Waals surface area contributed by atoms with Crippen LogP contribution in [0.15, 0.2) is 29.4 Å². The second-order valence-electron chi connectivity index (χ2n) is 7.34. The quantitative estimate of drug-likeness (QED) is 0.346. The smallest absolute Gasteiger partial charge is 0.191 e. The van der Waals surface area contributed by atoms with Gasteiger partial charge in [0, 0.05) is 62.9 Å². The van der Waals surface area contributed by atoms with Crippen LogP contribution in [0.1, 0.15) is 11.1 Å². The van der Waals surface area contributed by atoms with Gasteiger partial charge in [-0.2, -0.15) is 0 Å². The molecule has 1 atom stereocenters. The number of hydrogen-bond acceptors (Lipinski definition) is 3. The minimum absolute atomic E-state index is 0. The van der Waals surface area contributed by atoms with E-state index in [0.717, 1.165) is 45.1 Å². The SMILES string of the molecule is CN=C(NCCc1c[nH]c2cccc(C)c12)NCC1CN(C)CCN1C.I. The maximum Gasteiger partial charge on any atom is 0.191 e. The predicted octanol–water partition coefficient (Wildman–Crippen LogP) is 2.05. The Balaban J connectivity index is 0.00000261. The van der Waals surface area contributed by atoms with Crippen LogP contribution in [0.2, 0.25) is 0 Å². The van der Waals surface area contributed by atoms with E-state index in [-0.39, 0.29) is 24.0 Å². The number of halogens is 1.